The predicted octanol–water partition coefficient (Wildman–Crippen LogP) is 1.97. The summed E-state index contributed by atoms with van der Waals surface area (Å²) in [6, 6.07) is 6.06. The largest absolute Gasteiger partial charge is 0.352 e. The van der Waals surface area contributed by atoms with Gasteiger partial charge in [-0.15, -0.1) is 10.2 Å². The monoisotopic (exact) mass is 339 g/mol. The number of rotatable bonds is 4. The molecule has 1 aliphatic carbocycles. The molecule has 3 aromatic rings. The molecule has 0 saturated heterocycles. The number of hydrogen-bond acceptors (Lipinski definition) is 5. The molecule has 0 unspecified atom stereocenters. The summed E-state index contributed by atoms with van der Waals surface area (Å²) in [6.45, 7) is 2.01. The van der Waals surface area contributed by atoms with Gasteiger partial charge in [0.2, 0.25) is 11.7 Å². The van der Waals surface area contributed by atoms with E-state index in [1.54, 1.807) is 0 Å². The average molecular weight is 339 g/mol. The van der Waals surface area contributed by atoms with Crippen molar-refractivity contribution in [3.05, 3.63) is 24.0 Å². The van der Waals surface area contributed by atoms with Gasteiger partial charge in [-0.05, 0) is 43.2 Å². The van der Waals surface area contributed by atoms with Crippen LogP contribution in [0.3, 0.4) is 0 Å². The highest BCUT2D eigenvalue weighted by atomic mass is 16.2. The molecule has 1 aliphatic rings. The molecule has 1 fully saturated rings. The number of carbonyl (C=O) groups excluding carboxylic acids is 1. The second-order valence-corrected chi connectivity index (χ2v) is 6.60. The van der Waals surface area contributed by atoms with Gasteiger partial charge in [-0.1, -0.05) is 19.3 Å². The third-order valence-electron chi connectivity index (χ3n) is 4.57. The van der Waals surface area contributed by atoms with Gasteiger partial charge >= 0.3 is 0 Å². The Bertz CT molecular complexity index is 891. The summed E-state index contributed by atoms with van der Waals surface area (Å²) >= 11 is 0. The summed E-state index contributed by atoms with van der Waals surface area (Å²) in [5.74, 6) is 1.30. The average Bonchev–Trinajstić information content (AvgIpc) is 3.20. The van der Waals surface area contributed by atoms with Crippen molar-refractivity contribution in [1.82, 2.24) is 35.5 Å². The van der Waals surface area contributed by atoms with Crippen LogP contribution in [0.5, 0.6) is 0 Å². The number of fused-ring (bicyclic) bond motifs is 1. The van der Waals surface area contributed by atoms with E-state index in [0.717, 1.165) is 35.3 Å². The van der Waals surface area contributed by atoms with Gasteiger partial charge in [0, 0.05) is 11.6 Å². The fourth-order valence-electron chi connectivity index (χ4n) is 3.35. The molecular weight excluding hydrogens is 318 g/mol. The number of nitrogens with zero attached hydrogens (tertiary/aromatic N) is 5. The number of aryl methyl sites for hydroxylation is 1. The zero-order chi connectivity index (χ0) is 17.2. The van der Waals surface area contributed by atoms with Crippen LogP contribution in [0.4, 0.5) is 0 Å². The van der Waals surface area contributed by atoms with Crippen molar-refractivity contribution in [2.24, 2.45) is 0 Å². The van der Waals surface area contributed by atoms with Gasteiger partial charge in [0.15, 0.2) is 0 Å². The van der Waals surface area contributed by atoms with Crippen molar-refractivity contribution in [1.29, 1.82) is 0 Å². The molecule has 8 nitrogen and oxygen atoms in total. The van der Waals surface area contributed by atoms with E-state index in [-0.39, 0.29) is 18.5 Å². The molecule has 2 aromatic heterocycles. The SMILES string of the molecule is Cc1nc2ccc(-c3nnn(CC(=O)NC4CCCCC4)n3)cc2[nH]1. The Balaban J connectivity index is 1.44. The molecule has 1 saturated carbocycles. The maximum Gasteiger partial charge on any atom is 0.243 e. The Kier molecular flexibility index (Phi) is 4.17. The normalized spacial score (nSPS) is 15.6. The van der Waals surface area contributed by atoms with E-state index >= 15 is 0 Å². The summed E-state index contributed by atoms with van der Waals surface area (Å²) < 4.78 is 0. The predicted molar refractivity (Wildman–Crippen MR) is 92.7 cm³/mol. The van der Waals surface area contributed by atoms with Gasteiger partial charge in [0.1, 0.15) is 12.4 Å². The van der Waals surface area contributed by atoms with Crippen molar-refractivity contribution < 1.29 is 4.79 Å². The van der Waals surface area contributed by atoms with E-state index in [4.69, 9.17) is 0 Å². The van der Waals surface area contributed by atoms with Crippen LogP contribution in [0.2, 0.25) is 0 Å². The number of H-pyrrole nitrogens is 1. The van der Waals surface area contributed by atoms with Crippen molar-refractivity contribution in [3.8, 4) is 11.4 Å². The fourth-order valence-corrected chi connectivity index (χ4v) is 3.35. The van der Waals surface area contributed by atoms with Gasteiger partial charge in [-0.2, -0.15) is 4.80 Å². The van der Waals surface area contributed by atoms with Crippen LogP contribution >= 0.6 is 0 Å². The standard InChI is InChI=1S/C17H21N7O/c1-11-18-14-8-7-12(9-15(14)19-11)17-21-23-24(22-17)10-16(25)20-13-5-3-2-4-6-13/h7-9,13H,2-6,10H2,1H3,(H,18,19)(H,20,25). The molecule has 1 aromatic carbocycles. The molecular formula is C17H21N7O. The van der Waals surface area contributed by atoms with Gasteiger partial charge < -0.3 is 10.3 Å². The van der Waals surface area contributed by atoms with E-state index in [1.807, 2.05) is 25.1 Å². The highest BCUT2D eigenvalue weighted by Gasteiger charge is 2.17. The maximum atomic E-state index is 12.2. The molecule has 0 bridgehead atoms. The Morgan fingerprint density at radius 1 is 1.32 bits per heavy atom. The number of nitrogens with one attached hydrogen (secondary N) is 2. The second-order valence-electron chi connectivity index (χ2n) is 6.60. The third-order valence-corrected chi connectivity index (χ3v) is 4.57. The second kappa shape index (κ2) is 6.62. The number of aromatic amines is 1. The third kappa shape index (κ3) is 3.52. The first kappa shape index (κ1) is 15.7. The minimum absolute atomic E-state index is 0.0597. The van der Waals surface area contributed by atoms with Crippen LogP contribution < -0.4 is 5.32 Å². The number of hydrogen-bond donors (Lipinski definition) is 2. The lowest BCUT2D eigenvalue weighted by Gasteiger charge is -2.22. The van der Waals surface area contributed by atoms with Gasteiger partial charge in [-0.3, -0.25) is 4.79 Å². The van der Waals surface area contributed by atoms with Crippen molar-refractivity contribution in [2.75, 3.05) is 0 Å². The van der Waals surface area contributed by atoms with Crippen molar-refractivity contribution >= 4 is 16.9 Å². The number of amides is 1. The lowest BCUT2D eigenvalue weighted by Crippen LogP contribution is -2.38. The summed E-state index contributed by atoms with van der Waals surface area (Å²) in [5.41, 5.74) is 2.68. The molecule has 1 amide bonds. The minimum Gasteiger partial charge on any atom is -0.352 e. The zero-order valence-corrected chi connectivity index (χ0v) is 14.2. The van der Waals surface area contributed by atoms with E-state index in [1.165, 1.54) is 24.1 Å². The van der Waals surface area contributed by atoms with Crippen LogP contribution in [-0.4, -0.2) is 42.1 Å². The molecule has 4 rings (SSSR count). The van der Waals surface area contributed by atoms with Gasteiger partial charge in [-0.25, -0.2) is 4.98 Å². The molecule has 0 aliphatic heterocycles. The van der Waals surface area contributed by atoms with Crippen LogP contribution in [0.15, 0.2) is 18.2 Å². The lowest BCUT2D eigenvalue weighted by atomic mass is 9.95. The van der Waals surface area contributed by atoms with Gasteiger partial charge in [0.25, 0.3) is 0 Å². The fraction of sp³-hybridized carbons (Fsp3) is 0.471. The first-order chi connectivity index (χ1) is 12.2. The van der Waals surface area contributed by atoms with Crippen LogP contribution in [0.1, 0.15) is 37.9 Å². The maximum absolute atomic E-state index is 12.2. The number of carbonyl (C=O) groups is 1. The van der Waals surface area contributed by atoms with Crippen molar-refractivity contribution in [2.45, 2.75) is 51.6 Å². The molecule has 0 atom stereocenters. The molecule has 2 N–H and O–H groups in total. The first-order valence-electron chi connectivity index (χ1n) is 8.71. The Morgan fingerprint density at radius 2 is 2.16 bits per heavy atom. The number of aromatic nitrogens is 6. The van der Waals surface area contributed by atoms with E-state index in [2.05, 4.69) is 30.7 Å². The Labute approximate surface area is 145 Å². The topological polar surface area (TPSA) is 101 Å². The van der Waals surface area contributed by atoms with E-state index in [9.17, 15) is 4.79 Å². The summed E-state index contributed by atoms with van der Waals surface area (Å²) in [4.78, 5) is 21.1. The summed E-state index contributed by atoms with van der Waals surface area (Å²) in [6.07, 6.45) is 5.76. The van der Waals surface area contributed by atoms with Crippen molar-refractivity contribution in [3.63, 3.8) is 0 Å². The van der Waals surface area contributed by atoms with Crippen LogP contribution in [-0.2, 0) is 11.3 Å². The lowest BCUT2D eigenvalue weighted by molar-refractivity contribution is -0.123. The van der Waals surface area contributed by atoms with E-state index in [0.29, 0.717) is 5.82 Å². The smallest absolute Gasteiger partial charge is 0.243 e. The summed E-state index contributed by atoms with van der Waals surface area (Å²) in [7, 11) is 0. The number of benzene rings is 1. The number of tetrazole rings is 1. The Hall–Kier alpha value is -2.77. The molecule has 130 valence electrons. The minimum atomic E-state index is -0.0597. The molecule has 0 spiro atoms. The molecule has 8 heteroatoms. The number of imidazole rings is 1. The first-order valence-corrected chi connectivity index (χ1v) is 8.71. The highest BCUT2D eigenvalue weighted by molar-refractivity contribution is 5.80. The molecule has 2 heterocycles. The molecule has 0 radical (unpaired) electrons. The zero-order valence-electron chi connectivity index (χ0n) is 14.2. The van der Waals surface area contributed by atoms with Crippen LogP contribution in [0, 0.1) is 6.92 Å². The van der Waals surface area contributed by atoms with Crippen LogP contribution in [0.25, 0.3) is 22.4 Å². The van der Waals surface area contributed by atoms with Gasteiger partial charge in [0.05, 0.1) is 11.0 Å². The Morgan fingerprint density at radius 3 is 3.00 bits per heavy atom. The molecule has 25 heavy (non-hydrogen) atoms. The quantitative estimate of drug-likeness (QED) is 0.757. The van der Waals surface area contributed by atoms with E-state index < -0.39 is 0 Å². The highest BCUT2D eigenvalue weighted by Crippen LogP contribution is 2.20. The summed E-state index contributed by atoms with van der Waals surface area (Å²) in [5, 5.41) is 15.5.